The van der Waals surface area contributed by atoms with E-state index in [1.165, 1.54) is 12.1 Å². The van der Waals surface area contributed by atoms with Crippen LogP contribution in [0.1, 0.15) is 31.6 Å². The third kappa shape index (κ3) is 4.62. The molecule has 0 saturated heterocycles. The smallest absolute Gasteiger partial charge is 0.223 e. The molecule has 186 valence electrons. The predicted molar refractivity (Wildman–Crippen MR) is 142 cm³/mol. The molecule has 7 nitrogen and oxygen atoms in total. The standard InChI is InChI=1S/C29H27FN6O/c1-2-16-31-29-32-17-15-24(34-29)28-27(20-7-10-21(30)11-8-20)35-25-13-12-22(36(25)28)18-37-26-14-9-19-5-3-4-6-23(19)33-26/h3-11,14-15,17,22H,2,12-13,16,18H2,1H3,(H,31,32,34)/t22-/m0/s1. The molecular formula is C29H27FN6O. The fraction of sp³-hybridized carbons (Fsp3) is 0.241. The minimum atomic E-state index is -0.278. The van der Waals surface area contributed by atoms with Gasteiger partial charge in [-0.1, -0.05) is 25.1 Å². The van der Waals surface area contributed by atoms with Gasteiger partial charge in [0.15, 0.2) is 0 Å². The Morgan fingerprint density at radius 1 is 1.00 bits per heavy atom. The third-order valence-electron chi connectivity index (χ3n) is 6.60. The van der Waals surface area contributed by atoms with E-state index >= 15 is 0 Å². The predicted octanol–water partition coefficient (Wildman–Crippen LogP) is 6.08. The lowest BCUT2D eigenvalue weighted by Gasteiger charge is -2.18. The van der Waals surface area contributed by atoms with Crippen LogP contribution in [0.4, 0.5) is 10.3 Å². The lowest BCUT2D eigenvalue weighted by Crippen LogP contribution is -2.16. The van der Waals surface area contributed by atoms with Crippen molar-refractivity contribution in [3.05, 3.63) is 84.6 Å². The van der Waals surface area contributed by atoms with Crippen molar-refractivity contribution >= 4 is 16.9 Å². The molecular weight excluding hydrogens is 467 g/mol. The van der Waals surface area contributed by atoms with Crippen LogP contribution >= 0.6 is 0 Å². The molecule has 3 aromatic heterocycles. The first-order valence-corrected chi connectivity index (χ1v) is 12.6. The third-order valence-corrected chi connectivity index (χ3v) is 6.60. The first kappa shape index (κ1) is 23.1. The van der Waals surface area contributed by atoms with Crippen LogP contribution in [0.5, 0.6) is 5.88 Å². The topological polar surface area (TPSA) is 77.8 Å². The van der Waals surface area contributed by atoms with Crippen LogP contribution < -0.4 is 10.1 Å². The Hall–Kier alpha value is -4.33. The number of rotatable bonds is 8. The second-order valence-corrected chi connectivity index (χ2v) is 9.14. The van der Waals surface area contributed by atoms with Gasteiger partial charge < -0.3 is 14.6 Å². The minimum absolute atomic E-state index is 0.0574. The van der Waals surface area contributed by atoms with Gasteiger partial charge in [-0.3, -0.25) is 0 Å². The fourth-order valence-corrected chi connectivity index (χ4v) is 4.81. The van der Waals surface area contributed by atoms with E-state index in [-0.39, 0.29) is 11.9 Å². The van der Waals surface area contributed by atoms with Gasteiger partial charge in [-0.15, -0.1) is 0 Å². The number of para-hydroxylation sites is 1. The maximum absolute atomic E-state index is 13.7. The highest BCUT2D eigenvalue weighted by molar-refractivity contribution is 5.79. The molecule has 2 aromatic carbocycles. The average molecular weight is 495 g/mol. The molecule has 1 aliphatic heterocycles. The van der Waals surface area contributed by atoms with Crippen molar-refractivity contribution in [3.8, 4) is 28.5 Å². The number of ether oxygens (including phenoxy) is 1. The van der Waals surface area contributed by atoms with Crippen LogP contribution in [0.3, 0.4) is 0 Å². The van der Waals surface area contributed by atoms with Gasteiger partial charge in [0.25, 0.3) is 0 Å². The van der Waals surface area contributed by atoms with Gasteiger partial charge in [0.1, 0.15) is 18.2 Å². The van der Waals surface area contributed by atoms with Gasteiger partial charge in [-0.2, -0.15) is 0 Å². The highest BCUT2D eigenvalue weighted by Crippen LogP contribution is 2.39. The number of fused-ring (bicyclic) bond motifs is 2. The normalized spacial score (nSPS) is 14.6. The zero-order valence-electron chi connectivity index (χ0n) is 20.6. The quantitative estimate of drug-likeness (QED) is 0.282. The molecule has 8 heteroatoms. The van der Waals surface area contributed by atoms with Crippen LogP contribution in [0, 0.1) is 5.82 Å². The summed E-state index contributed by atoms with van der Waals surface area (Å²) in [5, 5.41) is 4.35. The van der Waals surface area contributed by atoms with Crippen LogP contribution in [-0.4, -0.2) is 37.7 Å². The number of pyridine rings is 1. The molecule has 5 aromatic rings. The Balaban J connectivity index is 1.37. The van der Waals surface area contributed by atoms with E-state index < -0.39 is 0 Å². The van der Waals surface area contributed by atoms with Crippen LogP contribution in [0.25, 0.3) is 33.5 Å². The largest absolute Gasteiger partial charge is 0.475 e. The number of hydrogen-bond donors (Lipinski definition) is 1. The number of aromatic nitrogens is 5. The van der Waals surface area contributed by atoms with Crippen LogP contribution in [-0.2, 0) is 6.42 Å². The molecule has 0 fully saturated rings. The van der Waals surface area contributed by atoms with Crippen molar-refractivity contribution in [1.82, 2.24) is 24.5 Å². The van der Waals surface area contributed by atoms with Crippen molar-refractivity contribution in [2.24, 2.45) is 0 Å². The number of imidazole rings is 1. The van der Waals surface area contributed by atoms with Crippen molar-refractivity contribution in [1.29, 1.82) is 0 Å². The van der Waals surface area contributed by atoms with Gasteiger partial charge in [0, 0.05) is 36.2 Å². The summed E-state index contributed by atoms with van der Waals surface area (Å²) in [5.74, 6) is 1.86. The summed E-state index contributed by atoms with van der Waals surface area (Å²) in [6.45, 7) is 3.34. The zero-order chi connectivity index (χ0) is 25.2. The molecule has 0 amide bonds. The second-order valence-electron chi connectivity index (χ2n) is 9.14. The molecule has 1 aliphatic rings. The molecule has 0 bridgehead atoms. The number of hydrogen-bond acceptors (Lipinski definition) is 6. The van der Waals surface area contributed by atoms with Crippen molar-refractivity contribution in [3.63, 3.8) is 0 Å². The Morgan fingerprint density at radius 3 is 2.73 bits per heavy atom. The lowest BCUT2D eigenvalue weighted by atomic mass is 10.1. The summed E-state index contributed by atoms with van der Waals surface area (Å²) in [7, 11) is 0. The van der Waals surface area contributed by atoms with Crippen LogP contribution in [0.2, 0.25) is 0 Å². The van der Waals surface area contributed by atoms with Gasteiger partial charge in [-0.05, 0) is 55.3 Å². The number of nitrogens with zero attached hydrogens (tertiary/aromatic N) is 5. The lowest BCUT2D eigenvalue weighted by molar-refractivity contribution is 0.248. The highest BCUT2D eigenvalue weighted by atomic mass is 19.1. The number of nitrogens with one attached hydrogen (secondary N) is 1. The number of anilines is 1. The van der Waals surface area contributed by atoms with E-state index in [2.05, 4.69) is 26.8 Å². The van der Waals surface area contributed by atoms with Gasteiger partial charge in [-0.25, -0.2) is 24.3 Å². The Morgan fingerprint density at radius 2 is 1.86 bits per heavy atom. The Labute approximate surface area is 214 Å². The van der Waals surface area contributed by atoms with E-state index in [4.69, 9.17) is 14.7 Å². The summed E-state index contributed by atoms with van der Waals surface area (Å²) in [5.41, 5.74) is 4.19. The Kier molecular flexibility index (Phi) is 6.22. The summed E-state index contributed by atoms with van der Waals surface area (Å²) in [6, 6.07) is 20.3. The molecule has 0 spiro atoms. The van der Waals surface area contributed by atoms with E-state index in [0.29, 0.717) is 18.4 Å². The van der Waals surface area contributed by atoms with Crippen molar-refractivity contribution < 1.29 is 9.13 Å². The van der Waals surface area contributed by atoms with Gasteiger partial charge in [0.2, 0.25) is 11.8 Å². The molecule has 0 aliphatic carbocycles. The average Bonchev–Trinajstić information content (AvgIpc) is 3.51. The van der Waals surface area contributed by atoms with Gasteiger partial charge >= 0.3 is 0 Å². The maximum Gasteiger partial charge on any atom is 0.223 e. The fourth-order valence-electron chi connectivity index (χ4n) is 4.81. The maximum atomic E-state index is 13.7. The van der Waals surface area contributed by atoms with E-state index in [9.17, 15) is 4.39 Å². The molecule has 0 radical (unpaired) electrons. The molecule has 4 heterocycles. The first-order valence-electron chi connectivity index (χ1n) is 12.6. The SMILES string of the molecule is CCCNc1nccc(-c2c(-c3ccc(F)cc3)nc3n2[C@H](COc2ccc4ccccc4n2)CC3)n1. The monoisotopic (exact) mass is 494 g/mol. The second kappa shape index (κ2) is 9.97. The molecule has 37 heavy (non-hydrogen) atoms. The molecule has 1 atom stereocenters. The van der Waals surface area contributed by atoms with E-state index in [1.807, 2.05) is 42.5 Å². The zero-order valence-corrected chi connectivity index (χ0v) is 20.6. The molecule has 1 N–H and O–H groups in total. The molecule has 0 unspecified atom stereocenters. The number of benzene rings is 2. The first-order chi connectivity index (χ1) is 18.2. The number of aryl methyl sites for hydroxylation is 1. The summed E-state index contributed by atoms with van der Waals surface area (Å²) in [6.07, 6.45) is 4.45. The highest BCUT2D eigenvalue weighted by Gasteiger charge is 2.31. The van der Waals surface area contributed by atoms with Crippen molar-refractivity contribution in [2.75, 3.05) is 18.5 Å². The number of halogens is 1. The summed E-state index contributed by atoms with van der Waals surface area (Å²) >= 11 is 0. The summed E-state index contributed by atoms with van der Waals surface area (Å²) in [4.78, 5) is 18.8. The van der Waals surface area contributed by atoms with E-state index in [1.54, 1.807) is 18.3 Å². The van der Waals surface area contributed by atoms with E-state index in [0.717, 1.165) is 65.2 Å². The van der Waals surface area contributed by atoms with Crippen LogP contribution in [0.15, 0.2) is 72.9 Å². The minimum Gasteiger partial charge on any atom is -0.475 e. The molecule has 0 saturated carbocycles. The molecule has 6 rings (SSSR count). The van der Waals surface area contributed by atoms with Gasteiger partial charge in [0.05, 0.1) is 28.6 Å². The van der Waals surface area contributed by atoms with Crippen molar-refractivity contribution in [2.45, 2.75) is 32.2 Å². The Bertz CT molecular complexity index is 1550. The summed E-state index contributed by atoms with van der Waals surface area (Å²) < 4.78 is 22.1.